The Hall–Kier alpha value is -4.57. The van der Waals surface area contributed by atoms with E-state index < -0.39 is 52.0 Å². The number of benzene rings is 2. The molecule has 5 rings (SSSR count). The zero-order chi connectivity index (χ0) is 32.4. The number of hydrogen-bond acceptors (Lipinski definition) is 11. The molecule has 3 aliphatic heterocycles. The summed E-state index contributed by atoms with van der Waals surface area (Å²) in [5.74, 6) is -2.23. The van der Waals surface area contributed by atoms with Gasteiger partial charge < -0.3 is 24.4 Å². The van der Waals surface area contributed by atoms with Crippen LogP contribution < -0.4 is 0 Å². The van der Waals surface area contributed by atoms with E-state index in [2.05, 4.69) is 0 Å². The fourth-order valence-corrected chi connectivity index (χ4v) is 7.25. The maximum atomic E-state index is 14.3. The third-order valence-electron chi connectivity index (χ3n) is 8.01. The SMILES string of the molecule is C[C@@H](F)[C@H]1C(=O)N2C(C(=O)OCc3ccc([N+](=O)[O-])cc3)=C(S[C@H]3C[C@@H](CO)N(C(=O)OCc4ccc([N+](=O)[O-])cc4)C3)C[C@H]12. The molecule has 14 nitrogen and oxygen atoms in total. The first-order chi connectivity index (χ1) is 21.5. The number of non-ortho nitro benzene ring substituents is 2. The van der Waals surface area contributed by atoms with Crippen LogP contribution >= 0.6 is 11.8 Å². The molecule has 2 saturated heterocycles. The van der Waals surface area contributed by atoms with Gasteiger partial charge in [0.15, 0.2) is 0 Å². The first-order valence-electron chi connectivity index (χ1n) is 14.0. The van der Waals surface area contributed by atoms with E-state index in [1.54, 1.807) is 0 Å². The van der Waals surface area contributed by atoms with Gasteiger partial charge in [-0.1, -0.05) is 0 Å². The maximum absolute atomic E-state index is 14.3. The van der Waals surface area contributed by atoms with Crippen molar-refractivity contribution in [1.29, 1.82) is 0 Å². The summed E-state index contributed by atoms with van der Waals surface area (Å²) in [6, 6.07) is 9.87. The van der Waals surface area contributed by atoms with Crippen molar-refractivity contribution in [1.82, 2.24) is 9.80 Å². The number of nitro benzene ring substituents is 2. The van der Waals surface area contributed by atoms with Crippen LogP contribution in [-0.4, -0.2) is 79.4 Å². The lowest BCUT2D eigenvalue weighted by atomic mass is 9.84. The van der Waals surface area contributed by atoms with E-state index in [4.69, 9.17) is 9.47 Å². The Morgan fingerprint density at radius 1 is 1.02 bits per heavy atom. The summed E-state index contributed by atoms with van der Waals surface area (Å²) in [7, 11) is 0. The molecule has 0 spiro atoms. The number of thioether (sulfide) groups is 1. The Morgan fingerprint density at radius 3 is 2.09 bits per heavy atom. The molecule has 2 fully saturated rings. The summed E-state index contributed by atoms with van der Waals surface area (Å²) >= 11 is 1.26. The lowest BCUT2D eigenvalue weighted by Crippen LogP contribution is -2.61. The van der Waals surface area contributed by atoms with Gasteiger partial charge in [0, 0.05) is 47.4 Å². The lowest BCUT2D eigenvalue weighted by molar-refractivity contribution is -0.385. The first-order valence-corrected chi connectivity index (χ1v) is 14.9. The molecule has 5 atom stereocenters. The van der Waals surface area contributed by atoms with Crippen molar-refractivity contribution in [2.75, 3.05) is 13.2 Å². The standard InChI is InChI=1S/C29H29FN4O10S/c1-16(30)25-23-11-24(26(32(23)27(25)36)28(37)43-14-17-2-6-19(7-3-17)33(39)40)45-22-10-21(13-35)31(12-22)29(38)44-15-18-4-8-20(9-5-18)34(41)42/h2-9,16,21-23,25,35H,10-15H2,1H3/t16-,21+,22+,23-,25-/m1/s1. The minimum atomic E-state index is -1.42. The zero-order valence-corrected chi connectivity index (χ0v) is 24.8. The van der Waals surface area contributed by atoms with Gasteiger partial charge in [0.05, 0.1) is 34.5 Å². The second kappa shape index (κ2) is 13.2. The number of fused-ring (bicyclic) bond motifs is 1. The molecule has 0 radical (unpaired) electrons. The molecule has 2 amide bonds. The minimum Gasteiger partial charge on any atom is -0.456 e. The van der Waals surface area contributed by atoms with Gasteiger partial charge in [-0.15, -0.1) is 11.8 Å². The van der Waals surface area contributed by atoms with Crippen molar-refractivity contribution in [3.8, 4) is 0 Å². The van der Waals surface area contributed by atoms with E-state index in [1.807, 2.05) is 0 Å². The summed E-state index contributed by atoms with van der Waals surface area (Å²) in [5, 5.41) is 31.5. The minimum absolute atomic E-state index is 0.00792. The van der Waals surface area contributed by atoms with E-state index in [9.17, 15) is 44.1 Å². The number of carbonyl (C=O) groups is 3. The van der Waals surface area contributed by atoms with E-state index in [0.717, 1.165) is 0 Å². The van der Waals surface area contributed by atoms with Crippen LogP contribution in [0.5, 0.6) is 0 Å². The number of rotatable bonds is 11. The van der Waals surface area contributed by atoms with Gasteiger partial charge in [-0.05, 0) is 48.7 Å². The van der Waals surface area contributed by atoms with Crippen molar-refractivity contribution in [3.05, 3.63) is 90.5 Å². The van der Waals surface area contributed by atoms with Crippen LogP contribution in [0.1, 0.15) is 30.9 Å². The molecular weight excluding hydrogens is 615 g/mol. The Labute approximate surface area is 260 Å². The summed E-state index contributed by atoms with van der Waals surface area (Å²) in [6.45, 7) is 0.756. The monoisotopic (exact) mass is 644 g/mol. The van der Waals surface area contributed by atoms with Crippen molar-refractivity contribution >= 4 is 41.1 Å². The van der Waals surface area contributed by atoms with Crippen molar-refractivity contribution in [2.24, 2.45) is 5.92 Å². The van der Waals surface area contributed by atoms with Gasteiger partial charge in [-0.25, -0.2) is 14.0 Å². The summed E-state index contributed by atoms with van der Waals surface area (Å²) in [4.78, 5) is 62.9. The van der Waals surface area contributed by atoms with Crippen LogP contribution in [0.25, 0.3) is 0 Å². The number of aliphatic hydroxyl groups excluding tert-OH is 1. The predicted molar refractivity (Wildman–Crippen MR) is 156 cm³/mol. The number of halogens is 1. The number of aliphatic hydroxyl groups is 1. The molecule has 2 aromatic carbocycles. The van der Waals surface area contributed by atoms with Crippen LogP contribution in [-0.2, 0) is 32.3 Å². The summed E-state index contributed by atoms with van der Waals surface area (Å²) in [5.41, 5.74) is 0.823. The van der Waals surface area contributed by atoms with Crippen LogP contribution in [0.4, 0.5) is 20.6 Å². The molecule has 1 N–H and O–H groups in total. The van der Waals surface area contributed by atoms with Crippen molar-refractivity contribution in [2.45, 2.75) is 56.5 Å². The lowest BCUT2D eigenvalue weighted by Gasteiger charge is -2.44. The highest BCUT2D eigenvalue weighted by molar-refractivity contribution is 8.03. The van der Waals surface area contributed by atoms with E-state index >= 15 is 0 Å². The normalized spacial score (nSPS) is 23.0. The molecular formula is C29H29FN4O10S. The van der Waals surface area contributed by atoms with Crippen molar-refractivity contribution < 1.29 is 43.2 Å². The smallest absolute Gasteiger partial charge is 0.410 e. The van der Waals surface area contributed by atoms with Gasteiger partial charge in [-0.3, -0.25) is 25.0 Å². The number of amides is 2. The third kappa shape index (κ3) is 6.61. The average molecular weight is 645 g/mol. The van der Waals surface area contributed by atoms with Gasteiger partial charge in [0.2, 0.25) is 5.91 Å². The quantitative estimate of drug-likeness (QED) is 0.162. The number of nitro groups is 2. The topological polar surface area (TPSA) is 183 Å². The highest BCUT2D eigenvalue weighted by atomic mass is 32.2. The van der Waals surface area contributed by atoms with E-state index in [-0.39, 0.29) is 55.1 Å². The molecule has 16 heteroatoms. The molecule has 0 aromatic heterocycles. The van der Waals surface area contributed by atoms with Gasteiger partial charge in [0.1, 0.15) is 25.1 Å². The number of hydrogen-bond donors (Lipinski definition) is 1. The average Bonchev–Trinajstić information content (AvgIpc) is 3.57. The van der Waals surface area contributed by atoms with Crippen LogP contribution in [0, 0.1) is 26.1 Å². The van der Waals surface area contributed by atoms with Crippen LogP contribution in [0.15, 0.2) is 59.1 Å². The molecule has 0 aliphatic carbocycles. The Morgan fingerprint density at radius 2 is 1.58 bits per heavy atom. The predicted octanol–water partition coefficient (Wildman–Crippen LogP) is 3.85. The van der Waals surface area contributed by atoms with E-state index in [0.29, 0.717) is 22.5 Å². The largest absolute Gasteiger partial charge is 0.456 e. The van der Waals surface area contributed by atoms with E-state index in [1.165, 1.54) is 77.0 Å². The highest BCUT2D eigenvalue weighted by Crippen LogP contribution is 2.49. The number of β-lactam (4-membered cyclic amide) rings is 1. The number of alkyl halides is 1. The van der Waals surface area contributed by atoms with Gasteiger partial charge in [-0.2, -0.15) is 0 Å². The molecule has 3 aliphatic rings. The molecule has 3 heterocycles. The van der Waals surface area contributed by atoms with Crippen LogP contribution in [0.2, 0.25) is 0 Å². The number of esters is 1. The summed E-state index contributed by atoms with van der Waals surface area (Å²) < 4.78 is 25.2. The number of nitrogens with zero attached hydrogens (tertiary/aromatic N) is 4. The number of ether oxygens (including phenoxy) is 2. The first kappa shape index (κ1) is 31.8. The molecule has 0 unspecified atom stereocenters. The number of carbonyl (C=O) groups excluding carboxylic acids is 3. The van der Waals surface area contributed by atoms with Gasteiger partial charge in [0.25, 0.3) is 11.4 Å². The molecule has 45 heavy (non-hydrogen) atoms. The number of likely N-dealkylation sites (tertiary alicyclic amines) is 1. The second-order valence-electron chi connectivity index (χ2n) is 10.9. The van der Waals surface area contributed by atoms with Crippen LogP contribution in [0.3, 0.4) is 0 Å². The van der Waals surface area contributed by atoms with Crippen molar-refractivity contribution in [3.63, 3.8) is 0 Å². The third-order valence-corrected chi connectivity index (χ3v) is 9.33. The summed E-state index contributed by atoms with van der Waals surface area (Å²) in [6.07, 6.45) is -1.54. The fraction of sp³-hybridized carbons (Fsp3) is 0.414. The zero-order valence-electron chi connectivity index (χ0n) is 23.9. The Bertz CT molecular complexity index is 1530. The molecule has 0 bridgehead atoms. The van der Waals surface area contributed by atoms with Gasteiger partial charge >= 0.3 is 12.1 Å². The molecule has 238 valence electrons. The Balaban J connectivity index is 1.26. The fourth-order valence-electron chi connectivity index (χ4n) is 5.73. The maximum Gasteiger partial charge on any atom is 0.410 e. The highest BCUT2D eigenvalue weighted by Gasteiger charge is 2.58. The molecule has 2 aromatic rings. The molecule has 0 saturated carbocycles. The second-order valence-corrected chi connectivity index (χ2v) is 12.3. The Kier molecular flexibility index (Phi) is 9.34.